The van der Waals surface area contributed by atoms with Crippen molar-refractivity contribution in [2.75, 3.05) is 0 Å². The second kappa shape index (κ2) is 8.91. The van der Waals surface area contributed by atoms with E-state index in [-0.39, 0.29) is 23.3 Å². The predicted molar refractivity (Wildman–Crippen MR) is 129 cm³/mol. The van der Waals surface area contributed by atoms with Crippen molar-refractivity contribution in [3.05, 3.63) is 11.6 Å². The molecule has 0 spiro atoms. The Morgan fingerprint density at radius 1 is 1.09 bits per heavy atom. The molecule has 4 rings (SSSR count). The molecule has 0 amide bonds. The standard InChI is InChI=1S/C29H46O3/c1-18(2)8-7-9-19(3)23-10-11-24-22-17-27(32-20(4)30)26-16-21(31)12-14-29(26,6)25(22)13-15-28(23,24)5/h16,18-19,22-25,27H,7-15,17H2,1-6H3/t19-,22+,23-,24+,25+,27+,28-,29-/m1/s1. The Labute approximate surface area is 196 Å². The molecular weight excluding hydrogens is 396 g/mol. The zero-order chi connectivity index (χ0) is 23.3. The van der Waals surface area contributed by atoms with Crippen LogP contribution in [0.3, 0.4) is 0 Å². The van der Waals surface area contributed by atoms with Crippen molar-refractivity contribution >= 4 is 11.8 Å². The average molecular weight is 443 g/mol. The molecule has 3 fully saturated rings. The van der Waals surface area contributed by atoms with Crippen LogP contribution in [-0.4, -0.2) is 17.9 Å². The molecule has 32 heavy (non-hydrogen) atoms. The van der Waals surface area contributed by atoms with Gasteiger partial charge in [-0.15, -0.1) is 0 Å². The van der Waals surface area contributed by atoms with E-state index < -0.39 is 0 Å². The lowest BCUT2D eigenvalue weighted by Gasteiger charge is -2.59. The van der Waals surface area contributed by atoms with Crippen LogP contribution in [0, 0.1) is 46.3 Å². The van der Waals surface area contributed by atoms with Crippen LogP contribution in [0.25, 0.3) is 0 Å². The van der Waals surface area contributed by atoms with Crippen LogP contribution in [0.4, 0.5) is 0 Å². The van der Waals surface area contributed by atoms with Gasteiger partial charge < -0.3 is 4.74 Å². The van der Waals surface area contributed by atoms with Crippen LogP contribution in [0.15, 0.2) is 11.6 Å². The molecule has 0 saturated heterocycles. The average Bonchev–Trinajstić information content (AvgIpc) is 3.06. The molecule has 0 aromatic rings. The third-order valence-electron chi connectivity index (χ3n) is 10.5. The van der Waals surface area contributed by atoms with E-state index in [1.807, 2.05) is 6.08 Å². The van der Waals surface area contributed by atoms with E-state index in [1.54, 1.807) is 0 Å². The summed E-state index contributed by atoms with van der Waals surface area (Å²) in [5.41, 5.74) is 1.56. The topological polar surface area (TPSA) is 43.4 Å². The van der Waals surface area contributed by atoms with Crippen molar-refractivity contribution in [3.63, 3.8) is 0 Å². The summed E-state index contributed by atoms with van der Waals surface area (Å²) in [6.07, 6.45) is 13.5. The first-order valence-electron chi connectivity index (χ1n) is 13.5. The van der Waals surface area contributed by atoms with Gasteiger partial charge in [0.05, 0.1) is 0 Å². The Morgan fingerprint density at radius 3 is 2.53 bits per heavy atom. The third kappa shape index (κ3) is 4.11. The fourth-order valence-electron chi connectivity index (χ4n) is 8.92. The van der Waals surface area contributed by atoms with E-state index in [2.05, 4.69) is 34.6 Å². The van der Waals surface area contributed by atoms with Crippen LogP contribution < -0.4 is 0 Å². The Bertz CT molecular complexity index is 766. The molecule has 180 valence electrons. The normalized spacial score (nSPS) is 42.0. The maximum absolute atomic E-state index is 12.3. The zero-order valence-corrected chi connectivity index (χ0v) is 21.4. The van der Waals surface area contributed by atoms with Crippen molar-refractivity contribution in [3.8, 4) is 0 Å². The van der Waals surface area contributed by atoms with Crippen molar-refractivity contribution in [1.82, 2.24) is 0 Å². The van der Waals surface area contributed by atoms with Gasteiger partial charge in [0.2, 0.25) is 0 Å². The first-order valence-corrected chi connectivity index (χ1v) is 13.5. The highest BCUT2D eigenvalue weighted by atomic mass is 16.5. The molecule has 0 aromatic heterocycles. The summed E-state index contributed by atoms with van der Waals surface area (Å²) in [5.74, 6) is 4.39. The van der Waals surface area contributed by atoms with E-state index in [9.17, 15) is 9.59 Å². The van der Waals surface area contributed by atoms with Crippen LogP contribution in [-0.2, 0) is 14.3 Å². The molecule has 4 aliphatic carbocycles. The number of ether oxygens (including phenoxy) is 1. The van der Waals surface area contributed by atoms with E-state index in [4.69, 9.17) is 4.74 Å². The summed E-state index contributed by atoms with van der Waals surface area (Å²) in [7, 11) is 0. The van der Waals surface area contributed by atoms with Crippen molar-refractivity contribution in [2.24, 2.45) is 46.3 Å². The first kappa shape index (κ1) is 24.0. The molecule has 0 heterocycles. The summed E-state index contributed by atoms with van der Waals surface area (Å²) >= 11 is 0. The molecule has 3 saturated carbocycles. The lowest BCUT2D eigenvalue weighted by molar-refractivity contribution is -0.153. The highest BCUT2D eigenvalue weighted by molar-refractivity contribution is 5.92. The van der Waals surface area contributed by atoms with E-state index in [1.165, 1.54) is 51.9 Å². The van der Waals surface area contributed by atoms with Gasteiger partial charge in [-0.3, -0.25) is 9.59 Å². The van der Waals surface area contributed by atoms with Gasteiger partial charge in [0, 0.05) is 13.3 Å². The maximum Gasteiger partial charge on any atom is 0.303 e. The Morgan fingerprint density at radius 2 is 1.84 bits per heavy atom. The van der Waals surface area contributed by atoms with Gasteiger partial charge in [-0.05, 0) is 96.5 Å². The van der Waals surface area contributed by atoms with Crippen molar-refractivity contribution < 1.29 is 14.3 Å². The third-order valence-corrected chi connectivity index (χ3v) is 10.5. The fraction of sp³-hybridized carbons (Fsp3) is 0.862. The predicted octanol–water partition coefficient (Wildman–Crippen LogP) is 7.14. The maximum atomic E-state index is 12.3. The Kier molecular flexibility index (Phi) is 6.69. The molecule has 4 aliphatic rings. The second-order valence-corrected chi connectivity index (χ2v) is 12.7. The van der Waals surface area contributed by atoms with E-state index >= 15 is 0 Å². The minimum Gasteiger partial charge on any atom is -0.458 e. The van der Waals surface area contributed by atoms with Crippen molar-refractivity contribution in [2.45, 2.75) is 112 Å². The van der Waals surface area contributed by atoms with Gasteiger partial charge in [0.1, 0.15) is 6.10 Å². The summed E-state index contributed by atoms with van der Waals surface area (Å²) in [6.45, 7) is 13.7. The van der Waals surface area contributed by atoms with E-state index in [0.717, 1.165) is 42.1 Å². The zero-order valence-electron chi connectivity index (χ0n) is 21.4. The molecule has 3 heteroatoms. The van der Waals surface area contributed by atoms with Gasteiger partial charge in [0.25, 0.3) is 0 Å². The minimum absolute atomic E-state index is 0.0131. The number of fused-ring (bicyclic) bond motifs is 5. The van der Waals surface area contributed by atoms with Gasteiger partial charge in [0.15, 0.2) is 5.78 Å². The number of rotatable bonds is 6. The number of hydrogen-bond donors (Lipinski definition) is 0. The van der Waals surface area contributed by atoms with Gasteiger partial charge in [-0.2, -0.15) is 0 Å². The van der Waals surface area contributed by atoms with E-state index in [0.29, 0.717) is 23.7 Å². The Hall–Kier alpha value is -1.12. The Balaban J connectivity index is 1.58. The number of carbonyl (C=O) groups is 2. The highest BCUT2D eigenvalue weighted by Gasteiger charge is 2.61. The number of ketones is 1. The summed E-state index contributed by atoms with van der Waals surface area (Å²) in [6, 6.07) is 0. The molecule has 0 bridgehead atoms. The number of esters is 1. The number of hydrogen-bond acceptors (Lipinski definition) is 3. The van der Waals surface area contributed by atoms with Gasteiger partial charge in [-0.1, -0.05) is 53.9 Å². The molecule has 0 aromatic carbocycles. The lowest BCUT2D eigenvalue weighted by Crippen LogP contribution is -2.54. The summed E-state index contributed by atoms with van der Waals surface area (Å²) in [5, 5.41) is 0. The quantitative estimate of drug-likeness (QED) is 0.411. The summed E-state index contributed by atoms with van der Waals surface area (Å²) < 4.78 is 5.89. The lowest BCUT2D eigenvalue weighted by atomic mass is 9.46. The molecule has 3 nitrogen and oxygen atoms in total. The van der Waals surface area contributed by atoms with Crippen LogP contribution >= 0.6 is 0 Å². The molecule has 0 radical (unpaired) electrons. The smallest absolute Gasteiger partial charge is 0.303 e. The van der Waals surface area contributed by atoms with Crippen LogP contribution in [0.2, 0.25) is 0 Å². The first-order chi connectivity index (χ1) is 15.1. The SMILES string of the molecule is CC(=O)O[C@H]1C[C@H]2[C@@H]3CC[C@H]([C@H](C)CCCC(C)C)[C@@]3(C)CC[C@@H]2[C@@]2(C)CCC(=O)C=C12. The monoisotopic (exact) mass is 442 g/mol. The molecule has 0 unspecified atom stereocenters. The number of carbonyl (C=O) groups excluding carboxylic acids is 2. The molecule has 0 aliphatic heterocycles. The molecule has 8 atom stereocenters. The van der Waals surface area contributed by atoms with Crippen LogP contribution in [0.1, 0.15) is 106 Å². The van der Waals surface area contributed by atoms with Crippen LogP contribution in [0.5, 0.6) is 0 Å². The van der Waals surface area contributed by atoms with Crippen molar-refractivity contribution in [1.29, 1.82) is 0 Å². The fourth-order valence-corrected chi connectivity index (χ4v) is 8.92. The second-order valence-electron chi connectivity index (χ2n) is 12.7. The largest absolute Gasteiger partial charge is 0.458 e. The summed E-state index contributed by atoms with van der Waals surface area (Å²) in [4.78, 5) is 24.3. The highest BCUT2D eigenvalue weighted by Crippen LogP contribution is 2.68. The minimum atomic E-state index is -0.212. The van der Waals surface area contributed by atoms with Gasteiger partial charge in [-0.25, -0.2) is 0 Å². The van der Waals surface area contributed by atoms with Gasteiger partial charge >= 0.3 is 5.97 Å². The molecule has 0 N–H and O–H groups in total. The molecular formula is C29H46O3.